The van der Waals surface area contributed by atoms with Gasteiger partial charge >= 0.3 is 0 Å². The molecule has 0 radical (unpaired) electrons. The second kappa shape index (κ2) is 8.56. The smallest absolute Gasteiger partial charge is 0.261 e. The van der Waals surface area contributed by atoms with Crippen molar-refractivity contribution in [3.05, 3.63) is 59.2 Å². The molecule has 2 aromatic rings. The summed E-state index contributed by atoms with van der Waals surface area (Å²) in [6.07, 6.45) is 0.238. The molecule has 0 aliphatic heterocycles. The van der Waals surface area contributed by atoms with Crippen LogP contribution in [0.2, 0.25) is 0 Å². The van der Waals surface area contributed by atoms with Crippen LogP contribution in [0.5, 0.6) is 11.5 Å². The highest BCUT2D eigenvalue weighted by Gasteiger charge is 2.19. The number of nitrogens with one attached hydrogen (secondary N) is 1. The van der Waals surface area contributed by atoms with Crippen molar-refractivity contribution in [2.75, 3.05) is 7.11 Å². The van der Waals surface area contributed by atoms with Gasteiger partial charge in [0.05, 0.1) is 13.2 Å². The number of carbonyl (C=O) groups is 1. The number of hydrogen-bond acceptors (Lipinski definition) is 3. The van der Waals surface area contributed by atoms with Crippen LogP contribution in [0.4, 0.5) is 0 Å². The topological polar surface area (TPSA) is 47.6 Å². The minimum Gasteiger partial charge on any atom is -0.497 e. The first-order valence-electron chi connectivity index (χ1n) is 8.62. The molecular formula is C21H27NO3. The van der Waals surface area contributed by atoms with Crippen LogP contribution in [0.25, 0.3) is 0 Å². The summed E-state index contributed by atoms with van der Waals surface area (Å²) in [7, 11) is 1.64. The summed E-state index contributed by atoms with van der Waals surface area (Å²) in [5.41, 5.74) is 3.29. The molecule has 1 N–H and O–H groups in total. The molecule has 134 valence electrons. The van der Waals surface area contributed by atoms with Gasteiger partial charge in [0.25, 0.3) is 5.91 Å². The van der Waals surface area contributed by atoms with Crippen molar-refractivity contribution >= 4 is 5.91 Å². The second-order valence-corrected chi connectivity index (χ2v) is 6.33. The standard InChI is InChI=1S/C21H27NO3/c1-6-20(17-7-9-18(24-5)10-8-17)22-21(23)16(4)25-19-12-14(2)11-15(3)13-19/h7-13,16,20H,6H2,1-5H3,(H,22,23)/t16-,20-/m1/s1. The van der Waals surface area contributed by atoms with Crippen molar-refractivity contribution in [1.29, 1.82) is 0 Å². The fourth-order valence-electron chi connectivity index (χ4n) is 2.80. The Labute approximate surface area is 150 Å². The van der Waals surface area contributed by atoms with Crippen molar-refractivity contribution in [3.63, 3.8) is 0 Å². The van der Waals surface area contributed by atoms with Gasteiger partial charge in [-0.3, -0.25) is 4.79 Å². The average molecular weight is 341 g/mol. The first-order valence-corrected chi connectivity index (χ1v) is 8.62. The molecule has 0 unspecified atom stereocenters. The SMILES string of the molecule is CC[C@@H](NC(=O)[C@@H](C)Oc1cc(C)cc(C)c1)c1ccc(OC)cc1. The Balaban J connectivity index is 2.02. The molecule has 0 spiro atoms. The van der Waals surface area contributed by atoms with E-state index in [1.165, 1.54) is 0 Å². The minimum absolute atomic E-state index is 0.0521. The third-order valence-electron chi connectivity index (χ3n) is 4.12. The van der Waals surface area contributed by atoms with Crippen molar-refractivity contribution in [2.24, 2.45) is 0 Å². The fraction of sp³-hybridized carbons (Fsp3) is 0.381. The predicted octanol–water partition coefficient (Wildman–Crippen LogP) is 4.35. The number of rotatable bonds is 7. The van der Waals surface area contributed by atoms with Crippen LogP contribution in [0.1, 0.15) is 43.0 Å². The summed E-state index contributed by atoms with van der Waals surface area (Å²) < 4.78 is 11.0. The first kappa shape index (κ1) is 18.8. The van der Waals surface area contributed by atoms with E-state index < -0.39 is 6.10 Å². The van der Waals surface area contributed by atoms with Crippen molar-refractivity contribution < 1.29 is 14.3 Å². The van der Waals surface area contributed by atoms with Crippen molar-refractivity contribution in [1.82, 2.24) is 5.32 Å². The zero-order valence-corrected chi connectivity index (χ0v) is 15.6. The lowest BCUT2D eigenvalue weighted by Gasteiger charge is -2.21. The van der Waals surface area contributed by atoms with E-state index in [2.05, 4.69) is 11.4 Å². The van der Waals surface area contributed by atoms with Gasteiger partial charge in [-0.2, -0.15) is 0 Å². The summed E-state index contributed by atoms with van der Waals surface area (Å²) in [6.45, 7) is 7.85. The monoisotopic (exact) mass is 341 g/mol. The molecule has 0 saturated carbocycles. The lowest BCUT2D eigenvalue weighted by atomic mass is 10.0. The number of methoxy groups -OCH3 is 1. The van der Waals surface area contributed by atoms with E-state index in [-0.39, 0.29) is 11.9 Å². The summed E-state index contributed by atoms with van der Waals surface area (Å²) >= 11 is 0. The van der Waals surface area contributed by atoms with Crippen LogP contribution in [-0.2, 0) is 4.79 Å². The van der Waals surface area contributed by atoms with Gasteiger partial charge in [0.1, 0.15) is 11.5 Å². The highest BCUT2D eigenvalue weighted by molar-refractivity contribution is 5.81. The fourth-order valence-corrected chi connectivity index (χ4v) is 2.80. The number of hydrogen-bond donors (Lipinski definition) is 1. The van der Waals surface area contributed by atoms with Crippen LogP contribution in [-0.4, -0.2) is 19.1 Å². The van der Waals surface area contributed by atoms with Gasteiger partial charge in [0.2, 0.25) is 0 Å². The van der Waals surface area contributed by atoms with Gasteiger partial charge in [-0.25, -0.2) is 0 Å². The molecule has 4 nitrogen and oxygen atoms in total. The molecule has 0 saturated heterocycles. The zero-order valence-electron chi connectivity index (χ0n) is 15.6. The lowest BCUT2D eigenvalue weighted by molar-refractivity contribution is -0.128. The highest BCUT2D eigenvalue weighted by Crippen LogP contribution is 2.21. The molecule has 2 aromatic carbocycles. The predicted molar refractivity (Wildman–Crippen MR) is 100 cm³/mol. The van der Waals surface area contributed by atoms with Crippen LogP contribution >= 0.6 is 0 Å². The van der Waals surface area contributed by atoms with E-state index in [1.807, 2.05) is 57.2 Å². The summed E-state index contributed by atoms with van der Waals surface area (Å²) in [4.78, 5) is 12.5. The Hall–Kier alpha value is -2.49. The van der Waals surface area contributed by atoms with Crippen LogP contribution in [0.3, 0.4) is 0 Å². The molecule has 2 rings (SSSR count). The first-order chi connectivity index (χ1) is 11.9. The van der Waals surface area contributed by atoms with Gasteiger partial charge in [-0.1, -0.05) is 25.1 Å². The van der Waals surface area contributed by atoms with Crippen LogP contribution in [0.15, 0.2) is 42.5 Å². The van der Waals surface area contributed by atoms with Crippen LogP contribution < -0.4 is 14.8 Å². The maximum absolute atomic E-state index is 12.5. The normalized spacial score (nSPS) is 13.0. The molecule has 0 aliphatic rings. The van der Waals surface area contributed by atoms with Gasteiger partial charge in [-0.15, -0.1) is 0 Å². The number of aryl methyl sites for hydroxylation is 2. The van der Waals surface area contributed by atoms with E-state index in [1.54, 1.807) is 14.0 Å². The van der Waals surface area contributed by atoms with Gasteiger partial charge in [-0.05, 0) is 68.1 Å². The maximum Gasteiger partial charge on any atom is 0.261 e. The highest BCUT2D eigenvalue weighted by atomic mass is 16.5. The zero-order chi connectivity index (χ0) is 18.4. The molecule has 0 aliphatic carbocycles. The molecule has 25 heavy (non-hydrogen) atoms. The molecule has 0 heterocycles. The number of amides is 1. The number of benzene rings is 2. The van der Waals surface area contributed by atoms with Gasteiger partial charge in [0.15, 0.2) is 6.10 Å². The summed E-state index contributed by atoms with van der Waals surface area (Å²) in [5.74, 6) is 1.40. The lowest BCUT2D eigenvalue weighted by Crippen LogP contribution is -2.38. The quantitative estimate of drug-likeness (QED) is 0.814. The van der Waals surface area contributed by atoms with Gasteiger partial charge in [0, 0.05) is 0 Å². The molecule has 0 aromatic heterocycles. The van der Waals surface area contributed by atoms with E-state index in [0.717, 1.165) is 34.6 Å². The van der Waals surface area contributed by atoms with E-state index in [0.29, 0.717) is 0 Å². The molecular weight excluding hydrogens is 314 g/mol. The van der Waals surface area contributed by atoms with E-state index in [9.17, 15) is 4.79 Å². The average Bonchev–Trinajstić information content (AvgIpc) is 2.58. The minimum atomic E-state index is -0.562. The van der Waals surface area contributed by atoms with E-state index in [4.69, 9.17) is 9.47 Å². The Bertz CT molecular complexity index is 689. The summed E-state index contributed by atoms with van der Waals surface area (Å²) in [5, 5.41) is 3.06. The Morgan fingerprint density at radius 1 is 1.04 bits per heavy atom. The molecule has 1 amide bonds. The molecule has 4 heteroatoms. The third kappa shape index (κ3) is 5.24. The van der Waals surface area contributed by atoms with E-state index >= 15 is 0 Å². The van der Waals surface area contributed by atoms with Crippen molar-refractivity contribution in [2.45, 2.75) is 46.3 Å². The Morgan fingerprint density at radius 2 is 1.64 bits per heavy atom. The van der Waals surface area contributed by atoms with Gasteiger partial charge < -0.3 is 14.8 Å². The molecule has 0 fully saturated rings. The second-order valence-electron chi connectivity index (χ2n) is 6.33. The Morgan fingerprint density at radius 3 is 2.16 bits per heavy atom. The Kier molecular flexibility index (Phi) is 6.45. The number of carbonyl (C=O) groups excluding carboxylic acids is 1. The third-order valence-corrected chi connectivity index (χ3v) is 4.12. The summed E-state index contributed by atoms with van der Waals surface area (Å²) in [6, 6.07) is 13.7. The molecule has 2 atom stereocenters. The number of ether oxygens (including phenoxy) is 2. The molecule has 0 bridgehead atoms. The van der Waals surface area contributed by atoms with Crippen LogP contribution in [0, 0.1) is 13.8 Å². The maximum atomic E-state index is 12.5. The van der Waals surface area contributed by atoms with Crippen molar-refractivity contribution in [3.8, 4) is 11.5 Å². The largest absolute Gasteiger partial charge is 0.497 e.